The Labute approximate surface area is 193 Å². The van der Waals surface area contributed by atoms with Crippen molar-refractivity contribution >= 4 is 11.6 Å². The molecule has 1 saturated heterocycles. The molecule has 1 aromatic carbocycles. The van der Waals surface area contributed by atoms with Crippen LogP contribution in [0, 0.1) is 0 Å². The van der Waals surface area contributed by atoms with Gasteiger partial charge in [-0.25, -0.2) is 9.50 Å². The summed E-state index contributed by atoms with van der Waals surface area (Å²) in [5.41, 5.74) is 4.25. The molecule has 8 nitrogen and oxygen atoms in total. The molecule has 0 unspecified atom stereocenters. The highest BCUT2D eigenvalue weighted by Crippen LogP contribution is 2.32. The molecule has 2 aliphatic rings. The minimum atomic E-state index is -0.0926. The summed E-state index contributed by atoms with van der Waals surface area (Å²) in [6, 6.07) is 10.4. The van der Waals surface area contributed by atoms with Gasteiger partial charge in [-0.3, -0.25) is 19.6 Å². The highest BCUT2D eigenvalue weighted by atomic mass is 16.5. The van der Waals surface area contributed by atoms with Crippen molar-refractivity contribution in [1.29, 1.82) is 0 Å². The number of likely N-dealkylation sites (tertiary alicyclic amines) is 1. The number of hydrogen-bond donors (Lipinski definition) is 1. The van der Waals surface area contributed by atoms with E-state index in [4.69, 9.17) is 9.72 Å². The number of methoxy groups -OCH3 is 1. The minimum Gasteiger partial charge on any atom is -0.497 e. The number of carbonyl (C=O) groups is 1. The first-order chi connectivity index (χ1) is 16.1. The number of aromatic nitrogens is 3. The van der Waals surface area contributed by atoms with Gasteiger partial charge in [-0.1, -0.05) is 25.5 Å². The molecule has 2 aliphatic heterocycles. The molecule has 1 N–H and O–H groups in total. The molecule has 0 spiro atoms. The van der Waals surface area contributed by atoms with Gasteiger partial charge in [-0.15, -0.1) is 0 Å². The summed E-state index contributed by atoms with van der Waals surface area (Å²) in [7, 11) is 1.69. The first-order valence-electron chi connectivity index (χ1n) is 11.9. The number of fused-ring (bicyclic) bond motifs is 2. The van der Waals surface area contributed by atoms with E-state index in [9.17, 15) is 9.59 Å². The SMILES string of the molecule is CCC(=O)N1CCc2nc3cc([C@@H]4CCCCN4Cc4cccc(OC)c4)[nH]n3c(=O)c2C1. The van der Waals surface area contributed by atoms with Gasteiger partial charge < -0.3 is 9.64 Å². The number of ether oxygens (including phenoxy) is 1. The van der Waals surface area contributed by atoms with Crippen LogP contribution in [0.5, 0.6) is 5.75 Å². The van der Waals surface area contributed by atoms with Crippen molar-refractivity contribution in [3.63, 3.8) is 0 Å². The lowest BCUT2D eigenvalue weighted by atomic mass is 9.98. The van der Waals surface area contributed by atoms with Crippen LogP contribution in [-0.4, -0.2) is 50.5 Å². The van der Waals surface area contributed by atoms with Crippen LogP contribution in [0.1, 0.15) is 61.2 Å². The van der Waals surface area contributed by atoms with Crippen molar-refractivity contribution in [3.05, 3.63) is 63.2 Å². The number of rotatable bonds is 5. The number of hydrogen-bond acceptors (Lipinski definition) is 5. The quantitative estimate of drug-likeness (QED) is 0.647. The van der Waals surface area contributed by atoms with Gasteiger partial charge in [-0.2, -0.15) is 0 Å². The minimum absolute atomic E-state index is 0.0766. The van der Waals surface area contributed by atoms with E-state index >= 15 is 0 Å². The maximum atomic E-state index is 13.3. The van der Waals surface area contributed by atoms with Gasteiger partial charge in [0.05, 0.1) is 36.6 Å². The number of nitrogens with zero attached hydrogens (tertiary/aromatic N) is 4. The summed E-state index contributed by atoms with van der Waals surface area (Å²) in [6.45, 7) is 4.65. The smallest absolute Gasteiger partial charge is 0.277 e. The second kappa shape index (κ2) is 9.02. The molecule has 1 fully saturated rings. The van der Waals surface area contributed by atoms with Gasteiger partial charge in [-0.05, 0) is 37.1 Å². The Kier molecular flexibility index (Phi) is 5.93. The molecule has 0 bridgehead atoms. The molecular weight excluding hydrogens is 418 g/mol. The van der Waals surface area contributed by atoms with E-state index in [0.717, 1.165) is 49.5 Å². The number of nitrogens with one attached hydrogen (secondary N) is 1. The predicted octanol–water partition coefficient (Wildman–Crippen LogP) is 3.05. The lowest BCUT2D eigenvalue weighted by Crippen LogP contribution is -2.40. The van der Waals surface area contributed by atoms with Crippen molar-refractivity contribution in [2.24, 2.45) is 0 Å². The molecule has 4 heterocycles. The fourth-order valence-corrected chi connectivity index (χ4v) is 5.14. The van der Waals surface area contributed by atoms with E-state index in [1.165, 1.54) is 5.56 Å². The molecule has 33 heavy (non-hydrogen) atoms. The maximum Gasteiger partial charge on any atom is 0.277 e. The summed E-state index contributed by atoms with van der Waals surface area (Å²) in [5.74, 6) is 0.941. The Bertz CT molecular complexity index is 1230. The van der Waals surface area contributed by atoms with Gasteiger partial charge >= 0.3 is 0 Å². The predicted molar refractivity (Wildman–Crippen MR) is 125 cm³/mol. The number of aromatic amines is 1. The standard InChI is InChI=1S/C25H31N5O3/c1-3-24(31)29-12-10-20-19(16-29)25(32)30-23(26-20)14-21(27-30)22-9-4-5-11-28(22)15-17-7-6-8-18(13-17)33-2/h6-8,13-14,22,27H,3-5,9-12,15-16H2,1-2H3/t22-/m0/s1. The normalized spacial score (nSPS) is 19.0. The highest BCUT2D eigenvalue weighted by Gasteiger charge is 2.28. The number of piperidine rings is 1. The Balaban J connectivity index is 1.45. The molecule has 3 aromatic rings. The van der Waals surface area contributed by atoms with E-state index in [1.807, 2.05) is 25.1 Å². The Hall–Kier alpha value is -3.13. The molecule has 5 rings (SSSR count). The van der Waals surface area contributed by atoms with Gasteiger partial charge in [0.25, 0.3) is 5.56 Å². The Morgan fingerprint density at radius 2 is 2.12 bits per heavy atom. The van der Waals surface area contributed by atoms with Crippen LogP contribution in [-0.2, 0) is 24.3 Å². The van der Waals surface area contributed by atoms with Crippen molar-refractivity contribution in [3.8, 4) is 5.75 Å². The monoisotopic (exact) mass is 449 g/mol. The number of amides is 1. The van der Waals surface area contributed by atoms with Gasteiger partial charge in [0, 0.05) is 32.0 Å². The van der Waals surface area contributed by atoms with Crippen molar-refractivity contribution in [1.82, 2.24) is 24.4 Å². The summed E-state index contributed by atoms with van der Waals surface area (Å²) in [4.78, 5) is 34.5. The third-order valence-corrected chi connectivity index (χ3v) is 6.93. The van der Waals surface area contributed by atoms with E-state index in [0.29, 0.717) is 37.1 Å². The van der Waals surface area contributed by atoms with Crippen molar-refractivity contribution in [2.45, 2.75) is 58.2 Å². The van der Waals surface area contributed by atoms with E-state index in [1.54, 1.807) is 16.5 Å². The van der Waals surface area contributed by atoms with Crippen LogP contribution in [0.2, 0.25) is 0 Å². The lowest BCUT2D eigenvalue weighted by molar-refractivity contribution is -0.131. The van der Waals surface area contributed by atoms with Crippen LogP contribution in [0.25, 0.3) is 5.65 Å². The third-order valence-electron chi connectivity index (χ3n) is 6.93. The zero-order chi connectivity index (χ0) is 22.9. The average molecular weight is 450 g/mol. The van der Waals surface area contributed by atoms with Crippen LogP contribution < -0.4 is 10.3 Å². The summed E-state index contributed by atoms with van der Waals surface area (Å²) >= 11 is 0. The first kappa shape index (κ1) is 21.7. The molecule has 0 aliphatic carbocycles. The summed E-state index contributed by atoms with van der Waals surface area (Å²) in [5, 5.41) is 3.35. The number of H-pyrrole nitrogens is 1. The second-order valence-corrected chi connectivity index (χ2v) is 9.00. The second-order valence-electron chi connectivity index (χ2n) is 9.00. The zero-order valence-electron chi connectivity index (χ0n) is 19.3. The van der Waals surface area contributed by atoms with Crippen LogP contribution in [0.4, 0.5) is 0 Å². The van der Waals surface area contributed by atoms with E-state index in [2.05, 4.69) is 22.1 Å². The first-order valence-corrected chi connectivity index (χ1v) is 11.9. The third kappa shape index (κ3) is 4.15. The topological polar surface area (TPSA) is 82.9 Å². The largest absolute Gasteiger partial charge is 0.497 e. The van der Waals surface area contributed by atoms with Gasteiger partial charge in [0.1, 0.15) is 5.75 Å². The molecule has 0 saturated carbocycles. The molecular formula is C25H31N5O3. The Morgan fingerprint density at radius 1 is 1.24 bits per heavy atom. The zero-order valence-corrected chi connectivity index (χ0v) is 19.3. The molecule has 1 atom stereocenters. The molecule has 8 heteroatoms. The van der Waals surface area contributed by atoms with Crippen LogP contribution >= 0.6 is 0 Å². The maximum absolute atomic E-state index is 13.3. The number of benzene rings is 1. The summed E-state index contributed by atoms with van der Waals surface area (Å²) < 4.78 is 6.95. The molecule has 2 aromatic heterocycles. The Morgan fingerprint density at radius 3 is 2.94 bits per heavy atom. The highest BCUT2D eigenvalue weighted by molar-refractivity contribution is 5.76. The van der Waals surface area contributed by atoms with Crippen LogP contribution in [0.3, 0.4) is 0 Å². The fourth-order valence-electron chi connectivity index (χ4n) is 5.14. The van der Waals surface area contributed by atoms with Crippen molar-refractivity contribution < 1.29 is 9.53 Å². The summed E-state index contributed by atoms with van der Waals surface area (Å²) in [6.07, 6.45) is 4.42. The van der Waals surface area contributed by atoms with Crippen molar-refractivity contribution in [2.75, 3.05) is 20.2 Å². The van der Waals surface area contributed by atoms with Gasteiger partial charge in [0.15, 0.2) is 5.65 Å². The van der Waals surface area contributed by atoms with E-state index in [-0.39, 0.29) is 17.5 Å². The molecule has 0 radical (unpaired) electrons. The van der Waals surface area contributed by atoms with Gasteiger partial charge in [0.2, 0.25) is 5.91 Å². The number of carbonyl (C=O) groups excluding carboxylic acids is 1. The van der Waals surface area contributed by atoms with Crippen LogP contribution in [0.15, 0.2) is 35.1 Å². The average Bonchev–Trinajstić information content (AvgIpc) is 3.28. The van der Waals surface area contributed by atoms with E-state index < -0.39 is 0 Å². The molecule has 1 amide bonds. The molecule has 174 valence electrons. The fraction of sp³-hybridized carbons (Fsp3) is 0.480. The lowest BCUT2D eigenvalue weighted by Gasteiger charge is -2.35.